The minimum atomic E-state index is -0.914. The van der Waals surface area contributed by atoms with Gasteiger partial charge in [0.05, 0.1) is 6.42 Å². The molecule has 5 heteroatoms. The molecular formula is C16H18ClNO3. The Morgan fingerprint density at radius 1 is 1.19 bits per heavy atom. The van der Waals surface area contributed by atoms with Gasteiger partial charge in [-0.25, -0.2) is 0 Å². The molecule has 0 amide bonds. The fraction of sp³-hybridized carbons (Fsp3) is 0.188. The number of rotatable bonds is 5. The molecule has 0 aliphatic carbocycles. The molecule has 0 aliphatic rings. The number of carboxylic acids is 1. The Morgan fingerprint density at radius 2 is 1.86 bits per heavy atom. The number of aryl methyl sites for hydroxylation is 1. The van der Waals surface area contributed by atoms with Crippen molar-refractivity contribution in [2.45, 2.75) is 19.4 Å². The first-order chi connectivity index (χ1) is 9.54. The van der Waals surface area contributed by atoms with Crippen LogP contribution in [0.5, 0.6) is 11.5 Å². The molecule has 4 nitrogen and oxygen atoms in total. The summed E-state index contributed by atoms with van der Waals surface area (Å²) in [6.45, 7) is 2.01. The van der Waals surface area contributed by atoms with Crippen LogP contribution in [0.2, 0.25) is 0 Å². The average molecular weight is 308 g/mol. The zero-order chi connectivity index (χ0) is 14.5. The van der Waals surface area contributed by atoms with E-state index in [0.29, 0.717) is 5.75 Å². The number of carboxylic acid groups (broad SMARTS) is 1. The minimum absolute atomic E-state index is 0. The third-order valence-electron chi connectivity index (χ3n) is 2.94. The number of aliphatic carboxylic acids is 1. The van der Waals surface area contributed by atoms with Crippen molar-refractivity contribution in [2.24, 2.45) is 5.73 Å². The molecule has 0 spiro atoms. The van der Waals surface area contributed by atoms with Crippen molar-refractivity contribution in [1.29, 1.82) is 0 Å². The van der Waals surface area contributed by atoms with Crippen molar-refractivity contribution < 1.29 is 14.6 Å². The van der Waals surface area contributed by atoms with Gasteiger partial charge in [0.1, 0.15) is 11.5 Å². The maximum atomic E-state index is 10.7. The molecule has 2 aromatic carbocycles. The maximum absolute atomic E-state index is 10.7. The smallest absolute Gasteiger partial charge is 0.305 e. The molecule has 112 valence electrons. The summed E-state index contributed by atoms with van der Waals surface area (Å²) in [7, 11) is 0. The number of ether oxygens (including phenoxy) is 1. The standard InChI is InChI=1S/C16H17NO3.ClH/c1-11-5-7-13(8-6-11)20-14-4-2-3-12(9-14)15(17)10-16(18)19;/h2-9,15H,10,17H2,1H3,(H,18,19);1H. The maximum Gasteiger partial charge on any atom is 0.305 e. The van der Waals surface area contributed by atoms with E-state index >= 15 is 0 Å². The highest BCUT2D eigenvalue weighted by Gasteiger charge is 2.11. The molecule has 1 atom stereocenters. The van der Waals surface area contributed by atoms with E-state index in [4.69, 9.17) is 15.6 Å². The summed E-state index contributed by atoms with van der Waals surface area (Å²) in [5, 5.41) is 8.76. The summed E-state index contributed by atoms with van der Waals surface area (Å²) in [6, 6.07) is 14.4. The van der Waals surface area contributed by atoms with Gasteiger partial charge in [-0.2, -0.15) is 0 Å². The van der Waals surface area contributed by atoms with E-state index in [1.807, 2.05) is 37.3 Å². The van der Waals surface area contributed by atoms with Gasteiger partial charge >= 0.3 is 5.97 Å². The van der Waals surface area contributed by atoms with Crippen LogP contribution in [-0.2, 0) is 4.79 Å². The number of benzene rings is 2. The van der Waals surface area contributed by atoms with E-state index in [0.717, 1.165) is 16.9 Å². The fourth-order valence-electron chi connectivity index (χ4n) is 1.86. The SMILES string of the molecule is Cc1ccc(Oc2cccc(C(N)CC(=O)O)c2)cc1.Cl. The van der Waals surface area contributed by atoms with Gasteiger partial charge in [0.25, 0.3) is 0 Å². The van der Waals surface area contributed by atoms with Crippen molar-refractivity contribution in [1.82, 2.24) is 0 Å². The number of hydrogen-bond acceptors (Lipinski definition) is 3. The van der Waals surface area contributed by atoms with Crippen LogP contribution in [0.1, 0.15) is 23.6 Å². The highest BCUT2D eigenvalue weighted by molar-refractivity contribution is 5.85. The highest BCUT2D eigenvalue weighted by Crippen LogP contribution is 2.25. The number of halogens is 1. The average Bonchev–Trinajstić information content (AvgIpc) is 2.41. The van der Waals surface area contributed by atoms with E-state index < -0.39 is 12.0 Å². The second-order valence-electron chi connectivity index (χ2n) is 4.69. The van der Waals surface area contributed by atoms with Gasteiger partial charge in [0.15, 0.2) is 0 Å². The summed E-state index contributed by atoms with van der Waals surface area (Å²) in [4.78, 5) is 10.7. The van der Waals surface area contributed by atoms with Gasteiger partial charge in [-0.3, -0.25) is 4.79 Å². The van der Waals surface area contributed by atoms with Crippen LogP contribution >= 0.6 is 12.4 Å². The predicted octanol–water partition coefficient (Wildman–Crippen LogP) is 3.68. The molecule has 0 saturated heterocycles. The van der Waals surface area contributed by atoms with E-state index in [9.17, 15) is 4.79 Å². The van der Waals surface area contributed by atoms with Crippen molar-refractivity contribution in [3.05, 3.63) is 59.7 Å². The van der Waals surface area contributed by atoms with Crippen molar-refractivity contribution >= 4 is 18.4 Å². The van der Waals surface area contributed by atoms with Gasteiger partial charge in [0, 0.05) is 6.04 Å². The molecule has 3 N–H and O–H groups in total. The summed E-state index contributed by atoms with van der Waals surface area (Å²) in [6.07, 6.45) is -0.103. The van der Waals surface area contributed by atoms with Gasteiger partial charge in [-0.15, -0.1) is 12.4 Å². The van der Waals surface area contributed by atoms with Gasteiger partial charge in [-0.1, -0.05) is 29.8 Å². The third kappa shape index (κ3) is 5.10. The molecule has 21 heavy (non-hydrogen) atoms. The highest BCUT2D eigenvalue weighted by atomic mass is 35.5. The lowest BCUT2D eigenvalue weighted by Crippen LogP contribution is -2.14. The molecule has 2 aromatic rings. The van der Waals surface area contributed by atoms with Crippen LogP contribution < -0.4 is 10.5 Å². The van der Waals surface area contributed by atoms with Crippen LogP contribution in [0.4, 0.5) is 0 Å². The minimum Gasteiger partial charge on any atom is -0.481 e. The molecule has 0 saturated carbocycles. The topological polar surface area (TPSA) is 72.5 Å². The van der Waals surface area contributed by atoms with Gasteiger partial charge in [0.2, 0.25) is 0 Å². The zero-order valence-corrected chi connectivity index (χ0v) is 12.5. The second kappa shape index (κ2) is 7.67. The Labute approximate surface area is 130 Å². The third-order valence-corrected chi connectivity index (χ3v) is 2.94. The lowest BCUT2D eigenvalue weighted by Gasteiger charge is -2.12. The van der Waals surface area contributed by atoms with E-state index in [-0.39, 0.29) is 18.8 Å². The first kappa shape index (κ1) is 17.0. The molecule has 1 unspecified atom stereocenters. The Morgan fingerprint density at radius 3 is 2.48 bits per heavy atom. The van der Waals surface area contributed by atoms with E-state index in [1.54, 1.807) is 18.2 Å². The fourth-order valence-corrected chi connectivity index (χ4v) is 1.86. The van der Waals surface area contributed by atoms with E-state index in [1.165, 1.54) is 0 Å². The lowest BCUT2D eigenvalue weighted by molar-refractivity contribution is -0.137. The van der Waals surface area contributed by atoms with Crippen LogP contribution in [0.25, 0.3) is 0 Å². The van der Waals surface area contributed by atoms with Crippen molar-refractivity contribution in [3.8, 4) is 11.5 Å². The molecule has 0 radical (unpaired) electrons. The molecule has 0 heterocycles. The molecule has 0 fully saturated rings. The number of nitrogens with two attached hydrogens (primary N) is 1. The van der Waals surface area contributed by atoms with Gasteiger partial charge in [-0.05, 0) is 36.8 Å². The molecule has 0 aliphatic heterocycles. The Balaban J connectivity index is 0.00000220. The lowest BCUT2D eigenvalue weighted by atomic mass is 10.0. The monoisotopic (exact) mass is 307 g/mol. The quantitative estimate of drug-likeness (QED) is 0.883. The van der Waals surface area contributed by atoms with Crippen molar-refractivity contribution in [3.63, 3.8) is 0 Å². The largest absolute Gasteiger partial charge is 0.481 e. The van der Waals surface area contributed by atoms with Crippen LogP contribution in [0.15, 0.2) is 48.5 Å². The van der Waals surface area contributed by atoms with E-state index in [2.05, 4.69) is 0 Å². The number of carbonyl (C=O) groups is 1. The molecule has 0 bridgehead atoms. The summed E-state index contributed by atoms with van der Waals surface area (Å²) in [5.74, 6) is 0.467. The van der Waals surface area contributed by atoms with Crippen molar-refractivity contribution in [2.75, 3.05) is 0 Å². The van der Waals surface area contributed by atoms with Crippen LogP contribution in [-0.4, -0.2) is 11.1 Å². The summed E-state index contributed by atoms with van der Waals surface area (Å²) < 4.78 is 5.73. The molecule has 0 aromatic heterocycles. The first-order valence-electron chi connectivity index (χ1n) is 6.36. The van der Waals surface area contributed by atoms with Crippen LogP contribution in [0.3, 0.4) is 0 Å². The Bertz CT molecular complexity index is 599. The normalized spacial score (nSPS) is 11.3. The second-order valence-corrected chi connectivity index (χ2v) is 4.69. The molecular weight excluding hydrogens is 290 g/mol. The predicted molar refractivity (Wildman–Crippen MR) is 84.1 cm³/mol. The Hall–Kier alpha value is -2.04. The Kier molecular flexibility index (Phi) is 6.21. The summed E-state index contributed by atoms with van der Waals surface area (Å²) >= 11 is 0. The summed E-state index contributed by atoms with van der Waals surface area (Å²) in [5.41, 5.74) is 7.75. The molecule has 2 rings (SSSR count). The van der Waals surface area contributed by atoms with Gasteiger partial charge < -0.3 is 15.6 Å². The first-order valence-corrected chi connectivity index (χ1v) is 6.36. The van der Waals surface area contributed by atoms with Crippen LogP contribution in [0, 0.1) is 6.92 Å². The number of hydrogen-bond donors (Lipinski definition) is 2. The zero-order valence-electron chi connectivity index (χ0n) is 11.7.